The van der Waals surface area contributed by atoms with Crippen molar-refractivity contribution in [2.45, 2.75) is 55.4 Å². The molecule has 0 aliphatic rings. The van der Waals surface area contributed by atoms with E-state index in [4.69, 9.17) is 0 Å². The van der Waals surface area contributed by atoms with Crippen LogP contribution in [0, 0.1) is 23.7 Å². The van der Waals surface area contributed by atoms with Crippen LogP contribution in [0.15, 0.2) is 12.2 Å². The van der Waals surface area contributed by atoms with Crippen molar-refractivity contribution < 1.29 is 14.3 Å². The van der Waals surface area contributed by atoms with Crippen LogP contribution >= 0.6 is 0 Å². The van der Waals surface area contributed by atoms with E-state index in [0.717, 1.165) is 0 Å². The average molecular weight is 284 g/mol. The van der Waals surface area contributed by atoms with Crippen molar-refractivity contribution in [3.8, 4) is 0 Å². The first-order valence-electron chi connectivity index (χ1n) is 7.42. The largest absolute Gasteiger partial charge is 0.463 e. The van der Waals surface area contributed by atoms with E-state index in [0.29, 0.717) is 29.8 Å². The molecule has 0 aromatic carbocycles. The van der Waals surface area contributed by atoms with Crippen molar-refractivity contribution in [3.05, 3.63) is 12.2 Å². The summed E-state index contributed by atoms with van der Waals surface area (Å²) in [5.41, 5.74) is 0.451. The van der Waals surface area contributed by atoms with E-state index in [9.17, 15) is 9.59 Å². The van der Waals surface area contributed by atoms with Gasteiger partial charge >= 0.3 is 5.97 Å². The molecule has 0 radical (unpaired) electrons. The average Bonchev–Trinajstić information content (AvgIpc) is 2.36. The molecule has 0 fully saturated rings. The van der Waals surface area contributed by atoms with E-state index < -0.39 is 0 Å². The summed E-state index contributed by atoms with van der Waals surface area (Å²) in [6.45, 7) is 19.7. The van der Waals surface area contributed by atoms with Gasteiger partial charge in [-0.15, -0.1) is 0 Å². The Hall–Kier alpha value is -1.12. The Bertz CT molecular complexity index is 300. The van der Waals surface area contributed by atoms with Gasteiger partial charge in [-0.05, 0) is 25.7 Å². The molecular weight excluding hydrogens is 252 g/mol. The molecular formula is C17H32O3. The fourth-order valence-corrected chi connectivity index (χ4v) is 1.33. The SMILES string of the molecule is C=C(C)C(=O)OCC.CC(C)C(C)C(=O)C(C)C(C)C. The Morgan fingerprint density at radius 3 is 1.45 bits per heavy atom. The Kier molecular flexibility index (Phi) is 11.3. The highest BCUT2D eigenvalue weighted by Crippen LogP contribution is 2.20. The predicted molar refractivity (Wildman–Crippen MR) is 84.5 cm³/mol. The van der Waals surface area contributed by atoms with Crippen LogP contribution in [0.1, 0.15) is 55.4 Å². The quantitative estimate of drug-likeness (QED) is 0.540. The van der Waals surface area contributed by atoms with E-state index in [1.54, 1.807) is 13.8 Å². The maximum Gasteiger partial charge on any atom is 0.333 e. The van der Waals surface area contributed by atoms with Crippen molar-refractivity contribution in [3.63, 3.8) is 0 Å². The summed E-state index contributed by atoms with van der Waals surface area (Å²) >= 11 is 0. The van der Waals surface area contributed by atoms with Crippen LogP contribution in [0.4, 0.5) is 0 Å². The van der Waals surface area contributed by atoms with Gasteiger partial charge in [0, 0.05) is 17.4 Å². The lowest BCUT2D eigenvalue weighted by Crippen LogP contribution is -2.26. The lowest BCUT2D eigenvalue weighted by atomic mass is 9.82. The molecule has 2 unspecified atom stereocenters. The van der Waals surface area contributed by atoms with E-state index in [1.165, 1.54) is 0 Å². The molecule has 0 aliphatic carbocycles. The van der Waals surface area contributed by atoms with Gasteiger partial charge < -0.3 is 4.74 Å². The number of ether oxygens (including phenoxy) is 1. The maximum absolute atomic E-state index is 11.7. The van der Waals surface area contributed by atoms with Crippen molar-refractivity contribution in [2.24, 2.45) is 23.7 Å². The summed E-state index contributed by atoms with van der Waals surface area (Å²) in [5, 5.41) is 0. The summed E-state index contributed by atoms with van der Waals surface area (Å²) in [6, 6.07) is 0. The van der Waals surface area contributed by atoms with Crippen molar-refractivity contribution in [2.75, 3.05) is 6.61 Å². The summed E-state index contributed by atoms with van der Waals surface area (Å²) in [7, 11) is 0. The topological polar surface area (TPSA) is 43.4 Å². The van der Waals surface area contributed by atoms with Crippen LogP contribution in [0.2, 0.25) is 0 Å². The van der Waals surface area contributed by atoms with Gasteiger partial charge in [0.2, 0.25) is 0 Å². The van der Waals surface area contributed by atoms with Gasteiger partial charge in [-0.25, -0.2) is 4.79 Å². The molecule has 0 spiro atoms. The standard InChI is InChI=1S/C11H22O.C6H10O2/c1-7(2)9(5)11(12)10(6)8(3)4;1-4-8-6(7)5(2)3/h7-10H,1-6H3;2,4H2,1,3H3. The zero-order chi connectivity index (χ0) is 16.5. The first-order chi connectivity index (χ1) is 9.06. The van der Waals surface area contributed by atoms with Crippen LogP contribution in [0.5, 0.6) is 0 Å². The Balaban J connectivity index is 0. The second-order valence-electron chi connectivity index (χ2n) is 5.97. The number of ketones is 1. The number of hydrogen-bond donors (Lipinski definition) is 0. The molecule has 0 heterocycles. The summed E-state index contributed by atoms with van der Waals surface area (Å²) in [5.74, 6) is 1.47. The zero-order valence-corrected chi connectivity index (χ0v) is 14.4. The molecule has 0 N–H and O–H groups in total. The molecule has 118 valence electrons. The smallest absolute Gasteiger partial charge is 0.333 e. The molecule has 3 heteroatoms. The lowest BCUT2D eigenvalue weighted by molar-refractivity contribution is -0.138. The third kappa shape index (κ3) is 8.89. The van der Waals surface area contributed by atoms with Crippen LogP contribution in [0.25, 0.3) is 0 Å². The van der Waals surface area contributed by atoms with Crippen molar-refractivity contribution >= 4 is 11.8 Å². The van der Waals surface area contributed by atoms with Gasteiger partial charge in [-0.2, -0.15) is 0 Å². The molecule has 0 bridgehead atoms. The molecule has 0 aromatic heterocycles. The third-order valence-corrected chi connectivity index (χ3v) is 3.52. The summed E-state index contributed by atoms with van der Waals surface area (Å²) in [4.78, 5) is 22.1. The van der Waals surface area contributed by atoms with Crippen molar-refractivity contribution in [1.29, 1.82) is 0 Å². The number of esters is 1. The summed E-state index contributed by atoms with van der Waals surface area (Å²) < 4.78 is 4.56. The molecule has 0 rings (SSSR count). The molecule has 0 saturated heterocycles. The van der Waals surface area contributed by atoms with Crippen LogP contribution in [0.3, 0.4) is 0 Å². The Labute approximate surface area is 124 Å². The normalized spacial score (nSPS) is 13.3. The van der Waals surface area contributed by atoms with Crippen molar-refractivity contribution in [1.82, 2.24) is 0 Å². The predicted octanol–water partition coefficient (Wildman–Crippen LogP) is 4.27. The number of carbonyl (C=O) groups excluding carboxylic acids is 2. The number of carbonyl (C=O) groups is 2. The van der Waals surface area contributed by atoms with Crippen LogP contribution in [-0.4, -0.2) is 18.4 Å². The van der Waals surface area contributed by atoms with Crippen LogP contribution < -0.4 is 0 Å². The second-order valence-corrected chi connectivity index (χ2v) is 5.97. The van der Waals surface area contributed by atoms with E-state index >= 15 is 0 Å². The monoisotopic (exact) mass is 284 g/mol. The highest BCUT2D eigenvalue weighted by Gasteiger charge is 2.24. The third-order valence-electron chi connectivity index (χ3n) is 3.52. The van der Waals surface area contributed by atoms with Gasteiger partial charge in [0.15, 0.2) is 0 Å². The van der Waals surface area contributed by atoms with Gasteiger partial charge in [0.25, 0.3) is 0 Å². The highest BCUT2D eigenvalue weighted by atomic mass is 16.5. The molecule has 0 aliphatic heterocycles. The first kappa shape index (κ1) is 21.2. The first-order valence-corrected chi connectivity index (χ1v) is 7.42. The van der Waals surface area contributed by atoms with Crippen LogP contribution in [-0.2, 0) is 14.3 Å². The molecule has 20 heavy (non-hydrogen) atoms. The second kappa shape index (κ2) is 10.6. The number of Topliss-reactive ketones (excluding diaryl/α,β-unsaturated/α-hetero) is 1. The fourth-order valence-electron chi connectivity index (χ4n) is 1.33. The lowest BCUT2D eigenvalue weighted by Gasteiger charge is -2.21. The van der Waals surface area contributed by atoms with Gasteiger partial charge in [0.05, 0.1) is 6.61 Å². The number of rotatable bonds is 6. The van der Waals surface area contributed by atoms with Gasteiger partial charge in [0.1, 0.15) is 5.78 Å². The molecule has 0 amide bonds. The summed E-state index contributed by atoms with van der Waals surface area (Å²) in [6.07, 6.45) is 0. The minimum Gasteiger partial charge on any atom is -0.463 e. The van der Waals surface area contributed by atoms with E-state index in [1.807, 2.05) is 13.8 Å². The van der Waals surface area contributed by atoms with Gasteiger partial charge in [-0.1, -0.05) is 48.1 Å². The molecule has 0 aromatic rings. The number of hydrogen-bond acceptors (Lipinski definition) is 3. The molecule has 3 nitrogen and oxygen atoms in total. The zero-order valence-electron chi connectivity index (χ0n) is 14.4. The Morgan fingerprint density at radius 2 is 1.30 bits per heavy atom. The minimum atomic E-state index is -0.312. The Morgan fingerprint density at radius 1 is 0.950 bits per heavy atom. The maximum atomic E-state index is 11.7. The highest BCUT2D eigenvalue weighted by molar-refractivity contribution is 5.86. The van der Waals surface area contributed by atoms with E-state index in [2.05, 4.69) is 39.0 Å². The molecule has 2 atom stereocenters. The molecule has 0 saturated carbocycles. The minimum absolute atomic E-state index is 0.211. The van der Waals surface area contributed by atoms with Gasteiger partial charge in [-0.3, -0.25) is 4.79 Å². The van der Waals surface area contributed by atoms with E-state index in [-0.39, 0.29) is 17.8 Å². The fraction of sp³-hybridized carbons (Fsp3) is 0.765.